The maximum absolute atomic E-state index is 13.1. The number of carbonyl (C=O) groups is 1. The molecule has 2 aliphatic rings. The van der Waals surface area contributed by atoms with E-state index in [0.29, 0.717) is 17.3 Å². The van der Waals surface area contributed by atoms with Gasteiger partial charge < -0.3 is 15.0 Å². The quantitative estimate of drug-likeness (QED) is 0.823. The molecule has 6 heteroatoms. The molecule has 1 unspecified atom stereocenters. The van der Waals surface area contributed by atoms with Crippen molar-refractivity contribution in [2.24, 2.45) is 0 Å². The molecule has 26 heavy (non-hydrogen) atoms. The predicted molar refractivity (Wildman–Crippen MR) is 102 cm³/mol. The Morgan fingerprint density at radius 2 is 2.08 bits per heavy atom. The molecule has 2 amide bonds. The fraction of sp³-hybridized carbons (Fsp3) is 0.400. The average molecular weight is 372 g/mol. The molecule has 0 saturated carbocycles. The summed E-state index contributed by atoms with van der Waals surface area (Å²) < 4.78 is 5.71. The molecular weight excluding hydrogens is 350 g/mol. The molecule has 0 bridgehead atoms. The summed E-state index contributed by atoms with van der Waals surface area (Å²) in [5.74, 6) is 0.748. The Balaban J connectivity index is 1.60. The normalized spacial score (nSPS) is 19.4. The number of hydrogen-bond acceptors (Lipinski definition) is 3. The molecule has 0 radical (unpaired) electrons. The molecule has 1 saturated heterocycles. The van der Waals surface area contributed by atoms with Crippen molar-refractivity contribution < 1.29 is 9.53 Å². The van der Waals surface area contributed by atoms with Gasteiger partial charge in [-0.05, 0) is 42.7 Å². The molecule has 3 heterocycles. The van der Waals surface area contributed by atoms with Crippen LogP contribution >= 0.6 is 11.6 Å². The Bertz CT molecular complexity index is 797. The first-order valence-electron chi connectivity index (χ1n) is 9.15. The molecule has 1 N–H and O–H groups in total. The topological polar surface area (TPSA) is 54.5 Å². The van der Waals surface area contributed by atoms with Crippen molar-refractivity contribution in [2.75, 3.05) is 18.5 Å². The SMILES string of the molecule is O=C(Nc1cc(Cl)cc2c1OCC2)N1CCCCCC1c1ccncc1. The number of nitrogens with one attached hydrogen (secondary N) is 1. The number of hydrogen-bond donors (Lipinski definition) is 1. The lowest BCUT2D eigenvalue weighted by molar-refractivity contribution is 0.189. The number of nitrogens with zero attached hydrogens (tertiary/aromatic N) is 2. The van der Waals surface area contributed by atoms with Crippen LogP contribution < -0.4 is 10.1 Å². The van der Waals surface area contributed by atoms with Gasteiger partial charge in [-0.2, -0.15) is 0 Å². The summed E-state index contributed by atoms with van der Waals surface area (Å²) in [7, 11) is 0. The zero-order valence-corrected chi connectivity index (χ0v) is 15.3. The average Bonchev–Trinajstić information content (AvgIpc) is 2.98. The van der Waals surface area contributed by atoms with Crippen molar-refractivity contribution in [3.05, 3.63) is 52.8 Å². The van der Waals surface area contributed by atoms with Gasteiger partial charge in [-0.25, -0.2) is 4.79 Å². The second-order valence-electron chi connectivity index (χ2n) is 6.81. The highest BCUT2D eigenvalue weighted by molar-refractivity contribution is 6.31. The summed E-state index contributed by atoms with van der Waals surface area (Å²) >= 11 is 6.22. The second-order valence-corrected chi connectivity index (χ2v) is 7.25. The highest BCUT2D eigenvalue weighted by atomic mass is 35.5. The summed E-state index contributed by atoms with van der Waals surface area (Å²) in [5, 5.41) is 3.66. The highest BCUT2D eigenvalue weighted by Crippen LogP contribution is 2.37. The van der Waals surface area contributed by atoms with Gasteiger partial charge in [-0.1, -0.05) is 24.4 Å². The van der Waals surface area contributed by atoms with E-state index in [2.05, 4.69) is 10.3 Å². The maximum Gasteiger partial charge on any atom is 0.322 e. The number of ether oxygens (including phenoxy) is 1. The van der Waals surface area contributed by atoms with E-state index in [4.69, 9.17) is 16.3 Å². The Morgan fingerprint density at radius 3 is 2.92 bits per heavy atom. The van der Waals surface area contributed by atoms with Crippen LogP contribution in [-0.2, 0) is 6.42 Å². The van der Waals surface area contributed by atoms with Crippen molar-refractivity contribution in [2.45, 2.75) is 38.1 Å². The molecule has 136 valence electrons. The van der Waals surface area contributed by atoms with Crippen LogP contribution in [0, 0.1) is 0 Å². The fourth-order valence-corrected chi connectivity index (χ4v) is 4.07. The van der Waals surface area contributed by atoms with E-state index >= 15 is 0 Å². The number of pyridine rings is 1. The number of rotatable bonds is 2. The van der Waals surface area contributed by atoms with Crippen molar-refractivity contribution in [1.82, 2.24) is 9.88 Å². The van der Waals surface area contributed by atoms with E-state index < -0.39 is 0 Å². The van der Waals surface area contributed by atoms with Crippen LogP contribution in [0.3, 0.4) is 0 Å². The largest absolute Gasteiger partial charge is 0.491 e. The number of urea groups is 1. The zero-order chi connectivity index (χ0) is 17.9. The molecule has 1 aromatic carbocycles. The van der Waals surface area contributed by atoms with Crippen LogP contribution in [-0.4, -0.2) is 29.1 Å². The first-order valence-corrected chi connectivity index (χ1v) is 9.53. The number of likely N-dealkylation sites (tertiary alicyclic amines) is 1. The minimum Gasteiger partial charge on any atom is -0.491 e. The summed E-state index contributed by atoms with van der Waals surface area (Å²) in [4.78, 5) is 19.2. The summed E-state index contributed by atoms with van der Waals surface area (Å²) in [6, 6.07) is 7.63. The highest BCUT2D eigenvalue weighted by Gasteiger charge is 2.28. The van der Waals surface area contributed by atoms with E-state index in [-0.39, 0.29) is 12.1 Å². The molecule has 1 fully saturated rings. The number of aromatic nitrogens is 1. The smallest absolute Gasteiger partial charge is 0.322 e. The lowest BCUT2D eigenvalue weighted by atomic mass is 10.0. The third-order valence-electron chi connectivity index (χ3n) is 5.09. The third-order valence-corrected chi connectivity index (χ3v) is 5.31. The predicted octanol–water partition coefficient (Wildman–Crippen LogP) is 4.82. The maximum atomic E-state index is 13.1. The fourth-order valence-electron chi connectivity index (χ4n) is 3.83. The Morgan fingerprint density at radius 1 is 1.23 bits per heavy atom. The first-order chi connectivity index (χ1) is 12.7. The molecule has 4 rings (SSSR count). The Hall–Kier alpha value is -2.27. The third kappa shape index (κ3) is 3.49. The minimum atomic E-state index is -0.103. The van der Waals surface area contributed by atoms with Crippen LogP contribution in [0.4, 0.5) is 10.5 Å². The van der Waals surface area contributed by atoms with E-state index in [0.717, 1.165) is 55.5 Å². The number of fused-ring (bicyclic) bond motifs is 1. The van der Waals surface area contributed by atoms with Crippen LogP contribution in [0.15, 0.2) is 36.7 Å². The minimum absolute atomic E-state index is 0.0636. The number of halogens is 1. The van der Waals surface area contributed by atoms with Crippen LogP contribution in [0.25, 0.3) is 0 Å². The van der Waals surface area contributed by atoms with Crippen molar-refractivity contribution in [1.29, 1.82) is 0 Å². The van der Waals surface area contributed by atoms with Gasteiger partial charge in [0, 0.05) is 35.9 Å². The molecule has 0 aliphatic carbocycles. The van der Waals surface area contributed by atoms with Gasteiger partial charge in [0.25, 0.3) is 0 Å². The Labute approximate surface area is 158 Å². The van der Waals surface area contributed by atoms with Crippen LogP contribution in [0.5, 0.6) is 5.75 Å². The van der Waals surface area contributed by atoms with Gasteiger partial charge in [0.2, 0.25) is 0 Å². The number of amides is 2. The monoisotopic (exact) mass is 371 g/mol. The molecular formula is C20H22ClN3O2. The molecule has 5 nitrogen and oxygen atoms in total. The standard InChI is InChI=1S/C20H22ClN3O2/c21-16-12-15-7-11-26-19(15)17(13-16)23-20(25)24-10-3-1-2-4-18(24)14-5-8-22-9-6-14/h5-6,8-9,12-13,18H,1-4,7,10-11H2,(H,23,25). The van der Waals surface area contributed by atoms with Crippen molar-refractivity contribution >= 4 is 23.3 Å². The van der Waals surface area contributed by atoms with E-state index in [1.165, 1.54) is 0 Å². The number of carbonyl (C=O) groups excluding carboxylic acids is 1. The second kappa shape index (κ2) is 7.54. The number of benzene rings is 1. The van der Waals surface area contributed by atoms with Gasteiger partial charge in [-0.3, -0.25) is 4.98 Å². The summed E-state index contributed by atoms with van der Waals surface area (Å²) in [6.45, 7) is 1.37. The van der Waals surface area contributed by atoms with Crippen LogP contribution in [0.1, 0.15) is 42.9 Å². The van der Waals surface area contributed by atoms with Gasteiger partial charge in [0.05, 0.1) is 18.3 Å². The first kappa shape index (κ1) is 17.2. The number of anilines is 1. The van der Waals surface area contributed by atoms with Crippen LogP contribution in [0.2, 0.25) is 5.02 Å². The lowest BCUT2D eigenvalue weighted by Gasteiger charge is -2.30. The Kier molecular flexibility index (Phi) is 4.98. The van der Waals surface area contributed by atoms with Gasteiger partial charge >= 0.3 is 6.03 Å². The molecule has 2 aliphatic heterocycles. The van der Waals surface area contributed by atoms with E-state index in [9.17, 15) is 4.79 Å². The molecule has 1 aromatic heterocycles. The van der Waals surface area contributed by atoms with Crippen molar-refractivity contribution in [3.63, 3.8) is 0 Å². The summed E-state index contributed by atoms with van der Waals surface area (Å²) in [5.41, 5.74) is 2.84. The molecule has 2 aromatic rings. The van der Waals surface area contributed by atoms with Gasteiger partial charge in [0.1, 0.15) is 5.75 Å². The van der Waals surface area contributed by atoms with E-state index in [1.54, 1.807) is 18.5 Å². The van der Waals surface area contributed by atoms with Gasteiger partial charge in [0.15, 0.2) is 0 Å². The van der Waals surface area contributed by atoms with E-state index in [1.807, 2.05) is 23.1 Å². The van der Waals surface area contributed by atoms with Gasteiger partial charge in [-0.15, -0.1) is 0 Å². The molecule has 0 spiro atoms. The zero-order valence-electron chi connectivity index (χ0n) is 14.6. The van der Waals surface area contributed by atoms with Crippen molar-refractivity contribution in [3.8, 4) is 5.75 Å². The summed E-state index contributed by atoms with van der Waals surface area (Å²) in [6.07, 6.45) is 8.62. The molecule has 1 atom stereocenters. The lowest BCUT2D eigenvalue weighted by Crippen LogP contribution is -2.38.